The summed E-state index contributed by atoms with van der Waals surface area (Å²) in [6, 6.07) is 9.83. The van der Waals surface area contributed by atoms with Crippen molar-refractivity contribution in [1.82, 2.24) is 20.0 Å². The van der Waals surface area contributed by atoms with Gasteiger partial charge in [-0.2, -0.15) is 5.10 Å². The van der Waals surface area contributed by atoms with Crippen LogP contribution in [0.1, 0.15) is 23.0 Å². The summed E-state index contributed by atoms with van der Waals surface area (Å²) in [6.45, 7) is 6.52. The van der Waals surface area contributed by atoms with Gasteiger partial charge in [0, 0.05) is 37.4 Å². The smallest absolute Gasteiger partial charge is 0.254 e. The standard InChI is InChI=1S/C16H20N4O/c1-12-7-9-20(18-12)15-5-3-14(4-6-15)16(21)19-10-8-17-11-13(19)2/h3-7,9,13,17H,8,10-11H2,1-2H3/t13-/m0/s1. The molecule has 1 aromatic carbocycles. The highest BCUT2D eigenvalue weighted by Crippen LogP contribution is 2.14. The third kappa shape index (κ3) is 2.83. The molecule has 2 aromatic rings. The minimum atomic E-state index is 0.104. The number of aromatic nitrogens is 2. The van der Waals surface area contributed by atoms with E-state index in [1.807, 2.05) is 53.0 Å². The van der Waals surface area contributed by atoms with E-state index in [0.29, 0.717) is 0 Å². The van der Waals surface area contributed by atoms with Crippen LogP contribution in [0.5, 0.6) is 0 Å². The van der Waals surface area contributed by atoms with E-state index in [1.165, 1.54) is 0 Å². The van der Waals surface area contributed by atoms with Crippen LogP contribution in [0.2, 0.25) is 0 Å². The Morgan fingerprint density at radius 2 is 2.05 bits per heavy atom. The van der Waals surface area contributed by atoms with Gasteiger partial charge in [-0.25, -0.2) is 4.68 Å². The number of hydrogen-bond donors (Lipinski definition) is 1. The number of carbonyl (C=O) groups excluding carboxylic acids is 1. The second-order valence-corrected chi connectivity index (χ2v) is 5.50. The molecule has 2 heterocycles. The lowest BCUT2D eigenvalue weighted by atomic mass is 10.1. The molecule has 0 radical (unpaired) electrons. The van der Waals surface area contributed by atoms with Crippen LogP contribution in [-0.2, 0) is 0 Å². The first-order valence-corrected chi connectivity index (χ1v) is 7.29. The van der Waals surface area contributed by atoms with Crippen LogP contribution in [0.3, 0.4) is 0 Å². The lowest BCUT2D eigenvalue weighted by Gasteiger charge is -2.34. The summed E-state index contributed by atoms with van der Waals surface area (Å²) in [5, 5.41) is 7.67. The Kier molecular flexibility index (Phi) is 3.75. The molecule has 1 amide bonds. The fourth-order valence-electron chi connectivity index (χ4n) is 2.62. The molecule has 1 N–H and O–H groups in total. The molecule has 1 fully saturated rings. The molecule has 5 nitrogen and oxygen atoms in total. The summed E-state index contributed by atoms with van der Waals surface area (Å²) in [6.07, 6.45) is 1.92. The Morgan fingerprint density at radius 3 is 2.67 bits per heavy atom. The topological polar surface area (TPSA) is 50.2 Å². The molecule has 1 saturated heterocycles. The predicted molar refractivity (Wildman–Crippen MR) is 81.7 cm³/mol. The lowest BCUT2D eigenvalue weighted by Crippen LogP contribution is -2.52. The average Bonchev–Trinajstić information content (AvgIpc) is 2.94. The molecule has 0 bridgehead atoms. The second kappa shape index (κ2) is 5.69. The van der Waals surface area contributed by atoms with E-state index in [1.54, 1.807) is 0 Å². The highest BCUT2D eigenvalue weighted by Gasteiger charge is 2.23. The van der Waals surface area contributed by atoms with Gasteiger partial charge in [-0.1, -0.05) is 0 Å². The largest absolute Gasteiger partial charge is 0.333 e. The van der Waals surface area contributed by atoms with Crippen molar-refractivity contribution in [2.24, 2.45) is 0 Å². The van der Waals surface area contributed by atoms with E-state index < -0.39 is 0 Å². The molecule has 0 unspecified atom stereocenters. The molecule has 0 spiro atoms. The van der Waals surface area contributed by atoms with Gasteiger partial charge in [0.05, 0.1) is 11.4 Å². The number of hydrogen-bond acceptors (Lipinski definition) is 3. The van der Waals surface area contributed by atoms with E-state index >= 15 is 0 Å². The number of piperazine rings is 1. The van der Waals surface area contributed by atoms with Gasteiger partial charge in [-0.05, 0) is 44.2 Å². The normalized spacial score (nSPS) is 18.8. The second-order valence-electron chi connectivity index (χ2n) is 5.50. The van der Waals surface area contributed by atoms with Crippen molar-refractivity contribution in [3.63, 3.8) is 0 Å². The van der Waals surface area contributed by atoms with E-state index in [0.717, 1.165) is 36.6 Å². The molecule has 21 heavy (non-hydrogen) atoms. The molecule has 1 aliphatic rings. The van der Waals surface area contributed by atoms with Crippen molar-refractivity contribution in [3.05, 3.63) is 47.8 Å². The highest BCUT2D eigenvalue weighted by atomic mass is 16.2. The van der Waals surface area contributed by atoms with E-state index in [2.05, 4.69) is 17.3 Å². The monoisotopic (exact) mass is 284 g/mol. The Morgan fingerprint density at radius 1 is 1.29 bits per heavy atom. The maximum atomic E-state index is 12.5. The zero-order valence-corrected chi connectivity index (χ0v) is 12.4. The van der Waals surface area contributed by atoms with Crippen molar-refractivity contribution < 1.29 is 4.79 Å². The molecule has 110 valence electrons. The van der Waals surface area contributed by atoms with Crippen molar-refractivity contribution in [2.75, 3.05) is 19.6 Å². The predicted octanol–water partition coefficient (Wildman–Crippen LogP) is 1.61. The van der Waals surface area contributed by atoms with Crippen molar-refractivity contribution in [2.45, 2.75) is 19.9 Å². The summed E-state index contributed by atoms with van der Waals surface area (Å²) < 4.78 is 1.82. The average molecular weight is 284 g/mol. The van der Waals surface area contributed by atoms with Crippen molar-refractivity contribution in [3.8, 4) is 5.69 Å². The summed E-state index contributed by atoms with van der Waals surface area (Å²) in [5.41, 5.74) is 2.68. The molecule has 5 heteroatoms. The highest BCUT2D eigenvalue weighted by molar-refractivity contribution is 5.94. The van der Waals surface area contributed by atoms with Gasteiger partial charge in [0.15, 0.2) is 0 Å². The minimum absolute atomic E-state index is 0.104. The number of aryl methyl sites for hydroxylation is 1. The van der Waals surface area contributed by atoms with Crippen molar-refractivity contribution in [1.29, 1.82) is 0 Å². The van der Waals surface area contributed by atoms with Gasteiger partial charge in [-0.3, -0.25) is 4.79 Å². The summed E-state index contributed by atoms with van der Waals surface area (Å²) in [7, 11) is 0. The number of rotatable bonds is 2. The molecular weight excluding hydrogens is 264 g/mol. The van der Waals surface area contributed by atoms with Gasteiger partial charge in [0.25, 0.3) is 5.91 Å². The maximum absolute atomic E-state index is 12.5. The van der Waals surface area contributed by atoms with Crippen molar-refractivity contribution >= 4 is 5.91 Å². The van der Waals surface area contributed by atoms with Crippen LogP contribution < -0.4 is 5.32 Å². The summed E-state index contributed by atoms with van der Waals surface area (Å²) >= 11 is 0. The van der Waals surface area contributed by atoms with Gasteiger partial charge >= 0.3 is 0 Å². The number of nitrogens with one attached hydrogen (secondary N) is 1. The van der Waals surface area contributed by atoms with E-state index in [9.17, 15) is 4.79 Å². The molecule has 1 aromatic heterocycles. The SMILES string of the molecule is Cc1ccn(-c2ccc(C(=O)N3CCNC[C@@H]3C)cc2)n1. The Hall–Kier alpha value is -2.14. The first-order valence-electron chi connectivity index (χ1n) is 7.29. The molecule has 0 saturated carbocycles. The number of carbonyl (C=O) groups is 1. The van der Waals surface area contributed by atoms with Gasteiger partial charge < -0.3 is 10.2 Å². The van der Waals surface area contributed by atoms with E-state index in [4.69, 9.17) is 0 Å². The maximum Gasteiger partial charge on any atom is 0.254 e. The Labute approximate surface area is 124 Å². The Balaban J connectivity index is 1.79. The zero-order valence-electron chi connectivity index (χ0n) is 12.4. The van der Waals surface area contributed by atoms with E-state index in [-0.39, 0.29) is 11.9 Å². The minimum Gasteiger partial charge on any atom is -0.333 e. The first kappa shape index (κ1) is 13.8. The zero-order chi connectivity index (χ0) is 14.8. The van der Waals surface area contributed by atoms with Gasteiger partial charge in [0.1, 0.15) is 0 Å². The summed E-state index contributed by atoms with van der Waals surface area (Å²) in [4.78, 5) is 14.5. The van der Waals surface area contributed by atoms with Crippen LogP contribution in [0.4, 0.5) is 0 Å². The van der Waals surface area contributed by atoms with Crippen LogP contribution in [-0.4, -0.2) is 46.3 Å². The van der Waals surface area contributed by atoms with Gasteiger partial charge in [-0.15, -0.1) is 0 Å². The molecule has 1 atom stereocenters. The molecule has 3 rings (SSSR count). The lowest BCUT2D eigenvalue weighted by molar-refractivity contribution is 0.0656. The third-order valence-corrected chi connectivity index (χ3v) is 3.86. The third-order valence-electron chi connectivity index (χ3n) is 3.86. The van der Waals surface area contributed by atoms with Crippen LogP contribution >= 0.6 is 0 Å². The van der Waals surface area contributed by atoms with Crippen LogP contribution in [0.25, 0.3) is 5.69 Å². The van der Waals surface area contributed by atoms with Crippen LogP contribution in [0, 0.1) is 6.92 Å². The molecule has 1 aliphatic heterocycles. The number of nitrogens with zero attached hydrogens (tertiary/aromatic N) is 3. The van der Waals surface area contributed by atoms with Gasteiger partial charge in [0.2, 0.25) is 0 Å². The molecular formula is C16H20N4O. The fourth-order valence-corrected chi connectivity index (χ4v) is 2.62. The molecule has 0 aliphatic carbocycles. The fraction of sp³-hybridized carbons (Fsp3) is 0.375. The quantitative estimate of drug-likeness (QED) is 0.911. The number of benzene rings is 1. The Bertz CT molecular complexity index is 632. The first-order chi connectivity index (χ1) is 10.1. The summed E-state index contributed by atoms with van der Waals surface area (Å²) in [5.74, 6) is 0.104. The van der Waals surface area contributed by atoms with Crippen LogP contribution in [0.15, 0.2) is 36.5 Å². The number of amides is 1.